The SMILES string of the molecule is CC1CCCCC12NC(=O)N(CC(=O)Oc1ccc(Cl)c3ccccc13)C2=O. The van der Waals surface area contributed by atoms with Crippen molar-refractivity contribution < 1.29 is 19.1 Å². The summed E-state index contributed by atoms with van der Waals surface area (Å²) in [6.07, 6.45) is 3.40. The quantitative estimate of drug-likeness (QED) is 0.481. The molecule has 2 aromatic carbocycles. The summed E-state index contributed by atoms with van der Waals surface area (Å²) in [5, 5.41) is 4.85. The number of rotatable bonds is 3. The maximum absolute atomic E-state index is 13.0. The van der Waals surface area contributed by atoms with Gasteiger partial charge in [-0.1, -0.05) is 55.6 Å². The Kier molecular flexibility index (Phi) is 4.75. The van der Waals surface area contributed by atoms with Crippen LogP contribution in [0.4, 0.5) is 4.79 Å². The van der Waals surface area contributed by atoms with E-state index in [2.05, 4.69) is 5.32 Å². The Morgan fingerprint density at radius 1 is 1.21 bits per heavy atom. The van der Waals surface area contributed by atoms with Crippen LogP contribution in [0.15, 0.2) is 36.4 Å². The summed E-state index contributed by atoms with van der Waals surface area (Å²) in [5.74, 6) is -0.615. The average molecular weight is 401 g/mol. The first kappa shape index (κ1) is 18.7. The zero-order chi connectivity index (χ0) is 19.9. The number of urea groups is 1. The molecule has 1 saturated heterocycles. The monoisotopic (exact) mass is 400 g/mol. The Morgan fingerprint density at radius 3 is 2.71 bits per heavy atom. The third-order valence-electron chi connectivity index (χ3n) is 5.84. The van der Waals surface area contributed by atoms with E-state index in [1.54, 1.807) is 18.2 Å². The van der Waals surface area contributed by atoms with E-state index in [1.807, 2.05) is 25.1 Å². The van der Waals surface area contributed by atoms with E-state index in [0.717, 1.165) is 29.5 Å². The first-order valence-corrected chi connectivity index (χ1v) is 9.82. The summed E-state index contributed by atoms with van der Waals surface area (Å²) in [6, 6.07) is 10.0. The van der Waals surface area contributed by atoms with E-state index in [1.165, 1.54) is 0 Å². The highest BCUT2D eigenvalue weighted by Crippen LogP contribution is 2.38. The van der Waals surface area contributed by atoms with E-state index < -0.39 is 24.1 Å². The fourth-order valence-corrected chi connectivity index (χ4v) is 4.47. The standard InChI is InChI=1S/C21H21ClN2O4/c1-13-6-4-5-11-21(13)19(26)24(20(27)23-21)12-18(25)28-17-10-9-16(22)14-7-2-3-8-15(14)17/h2-3,7-10,13H,4-6,11-12H2,1H3,(H,23,27). The fraction of sp³-hybridized carbons (Fsp3) is 0.381. The molecule has 2 fully saturated rings. The summed E-state index contributed by atoms with van der Waals surface area (Å²) in [6.45, 7) is 1.55. The minimum atomic E-state index is -0.886. The van der Waals surface area contributed by atoms with Crippen molar-refractivity contribution in [3.8, 4) is 5.75 Å². The first-order valence-electron chi connectivity index (χ1n) is 9.44. The van der Waals surface area contributed by atoms with Gasteiger partial charge in [-0.2, -0.15) is 0 Å². The van der Waals surface area contributed by atoms with Crippen LogP contribution in [0.5, 0.6) is 5.75 Å². The third kappa shape index (κ3) is 3.02. The van der Waals surface area contributed by atoms with Crippen LogP contribution in [0.25, 0.3) is 10.8 Å². The van der Waals surface area contributed by atoms with Crippen LogP contribution in [-0.2, 0) is 9.59 Å². The smallest absolute Gasteiger partial charge is 0.331 e. The zero-order valence-corrected chi connectivity index (χ0v) is 16.3. The molecule has 6 nitrogen and oxygen atoms in total. The van der Waals surface area contributed by atoms with E-state index >= 15 is 0 Å². The predicted octanol–water partition coefficient (Wildman–Crippen LogP) is 3.90. The predicted molar refractivity (Wildman–Crippen MR) is 105 cm³/mol. The lowest BCUT2D eigenvalue weighted by atomic mass is 9.73. The number of esters is 1. The molecule has 1 N–H and O–H groups in total. The van der Waals surface area contributed by atoms with Crippen molar-refractivity contribution >= 4 is 40.3 Å². The highest BCUT2D eigenvalue weighted by Gasteiger charge is 2.55. The molecule has 2 aliphatic rings. The van der Waals surface area contributed by atoms with Gasteiger partial charge in [0.1, 0.15) is 17.8 Å². The summed E-state index contributed by atoms with van der Waals surface area (Å²) in [5.41, 5.74) is -0.886. The minimum Gasteiger partial charge on any atom is -0.425 e. The number of carbonyl (C=O) groups excluding carboxylic acids is 3. The number of nitrogens with one attached hydrogen (secondary N) is 1. The van der Waals surface area contributed by atoms with Crippen molar-refractivity contribution in [2.24, 2.45) is 5.92 Å². The Bertz CT molecular complexity index is 976. The molecular weight excluding hydrogens is 380 g/mol. The maximum Gasteiger partial charge on any atom is 0.331 e. The van der Waals surface area contributed by atoms with Gasteiger partial charge in [0, 0.05) is 15.8 Å². The molecule has 2 aromatic rings. The van der Waals surface area contributed by atoms with Gasteiger partial charge in [0.2, 0.25) is 0 Å². The molecule has 3 amide bonds. The lowest BCUT2D eigenvalue weighted by Crippen LogP contribution is -2.54. The number of carbonyl (C=O) groups is 3. The maximum atomic E-state index is 13.0. The van der Waals surface area contributed by atoms with E-state index in [9.17, 15) is 14.4 Å². The van der Waals surface area contributed by atoms with E-state index in [-0.39, 0.29) is 11.8 Å². The van der Waals surface area contributed by atoms with Crippen LogP contribution in [0.3, 0.4) is 0 Å². The Labute approximate surface area is 167 Å². The molecule has 1 aliphatic heterocycles. The number of benzene rings is 2. The molecule has 0 radical (unpaired) electrons. The molecule has 1 heterocycles. The second kappa shape index (κ2) is 7.09. The van der Waals surface area contributed by atoms with Gasteiger partial charge >= 0.3 is 12.0 Å². The second-order valence-corrected chi connectivity index (χ2v) is 7.91. The zero-order valence-electron chi connectivity index (χ0n) is 15.5. The molecule has 2 atom stereocenters. The number of imide groups is 1. The van der Waals surface area contributed by atoms with Crippen LogP contribution >= 0.6 is 11.6 Å². The lowest BCUT2D eigenvalue weighted by molar-refractivity contribution is -0.142. The normalized spacial score (nSPS) is 24.6. The van der Waals surface area contributed by atoms with Gasteiger partial charge in [0.15, 0.2) is 0 Å². The first-order chi connectivity index (χ1) is 13.4. The molecule has 1 spiro atoms. The van der Waals surface area contributed by atoms with Gasteiger partial charge < -0.3 is 10.1 Å². The molecule has 0 aromatic heterocycles. The van der Waals surface area contributed by atoms with Crippen molar-refractivity contribution in [1.82, 2.24) is 10.2 Å². The molecule has 1 saturated carbocycles. The summed E-state index contributed by atoms with van der Waals surface area (Å²) in [4.78, 5) is 38.9. The largest absolute Gasteiger partial charge is 0.425 e. The topological polar surface area (TPSA) is 75.7 Å². The van der Waals surface area contributed by atoms with Crippen LogP contribution < -0.4 is 10.1 Å². The summed E-state index contributed by atoms with van der Waals surface area (Å²) in [7, 11) is 0. The van der Waals surface area contributed by atoms with Crippen LogP contribution in [0.2, 0.25) is 5.02 Å². The number of ether oxygens (including phenoxy) is 1. The number of hydrogen-bond donors (Lipinski definition) is 1. The fourth-order valence-electron chi connectivity index (χ4n) is 4.25. The third-order valence-corrected chi connectivity index (χ3v) is 6.17. The van der Waals surface area contributed by atoms with Crippen LogP contribution in [0, 0.1) is 5.92 Å². The molecular formula is C21H21ClN2O4. The van der Waals surface area contributed by atoms with Crippen molar-refractivity contribution in [1.29, 1.82) is 0 Å². The number of hydrogen-bond acceptors (Lipinski definition) is 4. The molecule has 2 unspecified atom stereocenters. The molecule has 1 aliphatic carbocycles. The van der Waals surface area contributed by atoms with Crippen molar-refractivity contribution in [3.63, 3.8) is 0 Å². The van der Waals surface area contributed by atoms with Gasteiger partial charge in [-0.05, 0) is 30.9 Å². The molecule has 7 heteroatoms. The Hall–Kier alpha value is -2.60. The van der Waals surface area contributed by atoms with Gasteiger partial charge in [-0.25, -0.2) is 9.59 Å². The molecule has 0 bridgehead atoms. The number of amides is 3. The van der Waals surface area contributed by atoms with E-state index in [4.69, 9.17) is 16.3 Å². The molecule has 146 valence electrons. The second-order valence-electron chi connectivity index (χ2n) is 7.50. The molecule has 28 heavy (non-hydrogen) atoms. The summed E-state index contributed by atoms with van der Waals surface area (Å²) < 4.78 is 5.47. The Morgan fingerprint density at radius 2 is 1.96 bits per heavy atom. The summed E-state index contributed by atoms with van der Waals surface area (Å²) >= 11 is 6.19. The number of fused-ring (bicyclic) bond motifs is 1. The lowest BCUT2D eigenvalue weighted by Gasteiger charge is -2.36. The van der Waals surface area contributed by atoms with Crippen molar-refractivity contribution in [3.05, 3.63) is 41.4 Å². The minimum absolute atomic E-state index is 0.0407. The van der Waals surface area contributed by atoms with Gasteiger partial charge in [-0.3, -0.25) is 9.69 Å². The number of halogens is 1. The van der Waals surface area contributed by atoms with Gasteiger partial charge in [0.25, 0.3) is 5.91 Å². The molecule has 4 rings (SSSR count). The Balaban J connectivity index is 1.53. The average Bonchev–Trinajstić information content (AvgIpc) is 2.92. The van der Waals surface area contributed by atoms with E-state index in [0.29, 0.717) is 22.6 Å². The van der Waals surface area contributed by atoms with Crippen LogP contribution in [0.1, 0.15) is 32.6 Å². The van der Waals surface area contributed by atoms with Crippen LogP contribution in [-0.4, -0.2) is 34.9 Å². The van der Waals surface area contributed by atoms with Gasteiger partial charge in [0.05, 0.1) is 0 Å². The van der Waals surface area contributed by atoms with Crippen molar-refractivity contribution in [2.45, 2.75) is 38.1 Å². The highest BCUT2D eigenvalue weighted by atomic mass is 35.5. The highest BCUT2D eigenvalue weighted by molar-refractivity contribution is 6.35. The van der Waals surface area contributed by atoms with Gasteiger partial charge in [-0.15, -0.1) is 0 Å². The van der Waals surface area contributed by atoms with Crippen molar-refractivity contribution in [2.75, 3.05) is 6.54 Å². The number of nitrogens with zero attached hydrogens (tertiary/aromatic N) is 1.